The van der Waals surface area contributed by atoms with Gasteiger partial charge in [0.1, 0.15) is 0 Å². The molecule has 7 heteroatoms. The molecule has 1 aliphatic heterocycles. The fraction of sp³-hybridized carbons (Fsp3) is 0.417. The van der Waals surface area contributed by atoms with Crippen LogP contribution < -0.4 is 10.6 Å². The smallest absolute Gasteiger partial charge is 0.237 e. The molecule has 0 saturated carbocycles. The Hall–Kier alpha value is -1.96. The summed E-state index contributed by atoms with van der Waals surface area (Å²) >= 11 is 3.34. The first-order chi connectivity index (χ1) is 14.9. The minimum atomic E-state index is -0.328. The van der Waals surface area contributed by atoms with Gasteiger partial charge >= 0.3 is 0 Å². The van der Waals surface area contributed by atoms with Crippen molar-refractivity contribution in [2.45, 2.75) is 32.6 Å². The Labute approximate surface area is 193 Å². The summed E-state index contributed by atoms with van der Waals surface area (Å²) in [5.41, 5.74) is 5.14. The van der Waals surface area contributed by atoms with Crippen LogP contribution in [-0.4, -0.2) is 52.3 Å². The molecule has 0 radical (unpaired) electrons. The molecule has 0 aromatic heterocycles. The molecular formula is C24H31N3O2S2. The molecule has 1 aliphatic rings. The second kappa shape index (κ2) is 11.6. The summed E-state index contributed by atoms with van der Waals surface area (Å²) in [5.74, 6) is 2.41. The van der Waals surface area contributed by atoms with Crippen molar-refractivity contribution in [2.75, 3.05) is 41.0 Å². The highest BCUT2D eigenvalue weighted by atomic mass is 32.2. The third kappa shape index (κ3) is 7.30. The average Bonchev–Trinajstić information content (AvgIpc) is 2.77. The summed E-state index contributed by atoms with van der Waals surface area (Å²) in [6.45, 7) is 9.05. The van der Waals surface area contributed by atoms with Crippen molar-refractivity contribution in [3.63, 3.8) is 0 Å². The summed E-state index contributed by atoms with van der Waals surface area (Å²) in [6, 6.07) is 13.8. The fourth-order valence-electron chi connectivity index (χ4n) is 3.34. The van der Waals surface area contributed by atoms with E-state index in [2.05, 4.69) is 28.5 Å². The Bertz CT molecular complexity index is 896. The lowest BCUT2D eigenvalue weighted by molar-refractivity contribution is -0.115. The van der Waals surface area contributed by atoms with Gasteiger partial charge in [-0.3, -0.25) is 14.5 Å². The van der Waals surface area contributed by atoms with Gasteiger partial charge in [0, 0.05) is 42.5 Å². The third-order valence-electron chi connectivity index (χ3n) is 5.37. The van der Waals surface area contributed by atoms with E-state index in [0.717, 1.165) is 42.1 Å². The number of rotatable bonds is 8. The fourth-order valence-corrected chi connectivity index (χ4v) is 5.00. The summed E-state index contributed by atoms with van der Waals surface area (Å²) in [7, 11) is 0. The van der Waals surface area contributed by atoms with Gasteiger partial charge in [-0.1, -0.05) is 29.8 Å². The minimum absolute atomic E-state index is 0.0808. The van der Waals surface area contributed by atoms with Crippen molar-refractivity contribution in [1.29, 1.82) is 0 Å². The molecule has 2 aromatic carbocycles. The number of thioether (sulfide) groups is 2. The van der Waals surface area contributed by atoms with Crippen LogP contribution in [0, 0.1) is 13.8 Å². The predicted molar refractivity (Wildman–Crippen MR) is 134 cm³/mol. The van der Waals surface area contributed by atoms with E-state index in [1.165, 1.54) is 28.8 Å². The summed E-state index contributed by atoms with van der Waals surface area (Å²) < 4.78 is 0. The molecule has 0 aliphatic carbocycles. The largest absolute Gasteiger partial charge is 0.325 e. The Kier molecular flexibility index (Phi) is 8.87. The molecule has 166 valence electrons. The lowest BCUT2D eigenvalue weighted by atomic mass is 10.1. The summed E-state index contributed by atoms with van der Waals surface area (Å²) in [6.07, 6.45) is 0. The van der Waals surface area contributed by atoms with Crippen LogP contribution in [-0.2, 0) is 16.1 Å². The van der Waals surface area contributed by atoms with Gasteiger partial charge in [0.05, 0.1) is 11.0 Å². The number of nitrogens with zero attached hydrogens (tertiary/aromatic N) is 1. The molecule has 2 aromatic rings. The van der Waals surface area contributed by atoms with E-state index in [0.29, 0.717) is 0 Å². The highest BCUT2D eigenvalue weighted by Gasteiger charge is 2.18. The van der Waals surface area contributed by atoms with E-state index in [1.54, 1.807) is 0 Å². The minimum Gasteiger partial charge on any atom is -0.325 e. The molecular weight excluding hydrogens is 426 g/mol. The molecule has 1 saturated heterocycles. The van der Waals surface area contributed by atoms with Gasteiger partial charge in [-0.25, -0.2) is 0 Å². The van der Waals surface area contributed by atoms with E-state index < -0.39 is 0 Å². The standard InChI is InChI=1S/C24H31N3O2S2/c1-17-7-9-21(10-8-17)25-23(28)16-31-19(3)24(29)26-22-6-4-5-20(18(22)2)15-27-11-13-30-14-12-27/h4-10,19H,11-16H2,1-3H3,(H,25,28)(H,26,29). The van der Waals surface area contributed by atoms with E-state index in [4.69, 9.17) is 0 Å². The molecule has 0 spiro atoms. The van der Waals surface area contributed by atoms with Crippen LogP contribution in [0.5, 0.6) is 0 Å². The maximum Gasteiger partial charge on any atom is 0.237 e. The van der Waals surface area contributed by atoms with Crippen LogP contribution in [0.2, 0.25) is 0 Å². The van der Waals surface area contributed by atoms with E-state index in [-0.39, 0.29) is 22.8 Å². The number of hydrogen-bond acceptors (Lipinski definition) is 5. The number of benzene rings is 2. The lowest BCUT2D eigenvalue weighted by Crippen LogP contribution is -2.32. The van der Waals surface area contributed by atoms with Gasteiger partial charge in [-0.2, -0.15) is 11.8 Å². The number of hydrogen-bond donors (Lipinski definition) is 2. The van der Waals surface area contributed by atoms with Gasteiger partial charge in [-0.05, 0) is 50.1 Å². The maximum atomic E-state index is 12.7. The van der Waals surface area contributed by atoms with Crippen molar-refractivity contribution >= 4 is 46.7 Å². The number of anilines is 2. The van der Waals surface area contributed by atoms with Crippen molar-refractivity contribution in [1.82, 2.24) is 4.90 Å². The second-order valence-electron chi connectivity index (χ2n) is 7.83. The second-order valence-corrected chi connectivity index (χ2v) is 10.4. The Morgan fingerprint density at radius 1 is 1.06 bits per heavy atom. The van der Waals surface area contributed by atoms with Crippen molar-refractivity contribution in [3.05, 3.63) is 59.2 Å². The monoisotopic (exact) mass is 457 g/mol. The Balaban J connectivity index is 1.50. The third-order valence-corrected chi connectivity index (χ3v) is 7.46. The molecule has 1 atom stereocenters. The quantitative estimate of drug-likeness (QED) is 0.609. The van der Waals surface area contributed by atoms with Gasteiger partial charge in [0.25, 0.3) is 0 Å². The number of nitrogens with one attached hydrogen (secondary N) is 2. The van der Waals surface area contributed by atoms with Crippen LogP contribution in [0.3, 0.4) is 0 Å². The SMILES string of the molecule is Cc1ccc(NC(=O)CSC(C)C(=O)Nc2cccc(CN3CCSCC3)c2C)cc1. The summed E-state index contributed by atoms with van der Waals surface area (Å²) in [5, 5.41) is 5.60. The lowest BCUT2D eigenvalue weighted by Gasteiger charge is -2.27. The first-order valence-electron chi connectivity index (χ1n) is 10.6. The average molecular weight is 458 g/mol. The van der Waals surface area contributed by atoms with E-state index in [1.807, 2.05) is 62.0 Å². The van der Waals surface area contributed by atoms with Gasteiger partial charge in [0.15, 0.2) is 0 Å². The Morgan fingerprint density at radius 2 is 1.77 bits per heavy atom. The van der Waals surface area contributed by atoms with Crippen LogP contribution in [0.25, 0.3) is 0 Å². The van der Waals surface area contributed by atoms with Gasteiger partial charge in [-0.15, -0.1) is 11.8 Å². The summed E-state index contributed by atoms with van der Waals surface area (Å²) in [4.78, 5) is 27.4. The normalized spacial score (nSPS) is 15.3. The zero-order valence-corrected chi connectivity index (χ0v) is 20.1. The van der Waals surface area contributed by atoms with Crippen LogP contribution in [0.1, 0.15) is 23.6 Å². The first-order valence-corrected chi connectivity index (χ1v) is 12.8. The van der Waals surface area contributed by atoms with Crippen LogP contribution in [0.15, 0.2) is 42.5 Å². The van der Waals surface area contributed by atoms with Crippen LogP contribution >= 0.6 is 23.5 Å². The van der Waals surface area contributed by atoms with E-state index >= 15 is 0 Å². The first kappa shape index (κ1) is 23.7. The molecule has 1 heterocycles. The number of amides is 2. The molecule has 5 nitrogen and oxygen atoms in total. The number of carbonyl (C=O) groups is 2. The van der Waals surface area contributed by atoms with Gasteiger partial charge in [0.2, 0.25) is 11.8 Å². The topological polar surface area (TPSA) is 61.4 Å². The van der Waals surface area contributed by atoms with E-state index in [9.17, 15) is 9.59 Å². The molecule has 0 bridgehead atoms. The number of carbonyl (C=O) groups excluding carboxylic acids is 2. The predicted octanol–water partition coefficient (Wildman–Crippen LogP) is 4.55. The van der Waals surface area contributed by atoms with Crippen molar-refractivity contribution < 1.29 is 9.59 Å². The molecule has 31 heavy (non-hydrogen) atoms. The molecule has 2 amide bonds. The van der Waals surface area contributed by atoms with Crippen molar-refractivity contribution in [2.24, 2.45) is 0 Å². The Morgan fingerprint density at radius 3 is 2.48 bits per heavy atom. The zero-order valence-electron chi connectivity index (χ0n) is 18.4. The molecule has 1 unspecified atom stereocenters. The zero-order chi connectivity index (χ0) is 22.2. The van der Waals surface area contributed by atoms with Gasteiger partial charge < -0.3 is 10.6 Å². The number of aryl methyl sites for hydroxylation is 1. The maximum absolute atomic E-state index is 12.7. The molecule has 3 rings (SSSR count). The highest BCUT2D eigenvalue weighted by Crippen LogP contribution is 2.23. The molecule has 2 N–H and O–H groups in total. The molecule has 1 fully saturated rings. The van der Waals surface area contributed by atoms with Crippen LogP contribution in [0.4, 0.5) is 11.4 Å². The van der Waals surface area contributed by atoms with Crippen molar-refractivity contribution in [3.8, 4) is 0 Å². The highest BCUT2D eigenvalue weighted by molar-refractivity contribution is 8.01.